The molecule has 0 bridgehead atoms. The highest BCUT2D eigenvalue weighted by atomic mass is 32.2. The van der Waals surface area contributed by atoms with Gasteiger partial charge in [0.15, 0.2) is 5.16 Å². The summed E-state index contributed by atoms with van der Waals surface area (Å²) in [6, 6.07) is 9.46. The molecule has 1 aromatic carbocycles. The molecule has 7 nitrogen and oxygen atoms in total. The summed E-state index contributed by atoms with van der Waals surface area (Å²) in [4.78, 5) is 8.59. The maximum atomic E-state index is 9.55. The molecule has 2 heterocycles. The van der Waals surface area contributed by atoms with Crippen LogP contribution in [0, 0.1) is 11.3 Å². The van der Waals surface area contributed by atoms with Gasteiger partial charge in [-0.2, -0.15) is 10.2 Å². The monoisotopic (exact) mass is 341 g/mol. The Labute approximate surface area is 143 Å². The predicted molar refractivity (Wildman–Crippen MR) is 90.5 cm³/mol. The van der Waals surface area contributed by atoms with Crippen molar-refractivity contribution in [1.82, 2.24) is 9.97 Å². The van der Waals surface area contributed by atoms with Crippen LogP contribution in [0.1, 0.15) is 17.0 Å². The van der Waals surface area contributed by atoms with Gasteiger partial charge in [-0.1, -0.05) is 23.9 Å². The lowest BCUT2D eigenvalue weighted by Crippen LogP contribution is -2.23. The molecule has 1 aromatic heterocycles. The number of allylic oxidation sites excluding steroid dienone is 1. The summed E-state index contributed by atoms with van der Waals surface area (Å²) in [5, 5.41) is 10.0. The zero-order chi connectivity index (χ0) is 17.3. The third kappa shape index (κ3) is 2.59. The number of fused-ring (bicyclic) bond motifs is 1. The molecule has 8 heteroatoms. The van der Waals surface area contributed by atoms with Crippen LogP contribution < -0.4 is 20.9 Å². The predicted octanol–water partition coefficient (Wildman–Crippen LogP) is 2.01. The average Bonchev–Trinajstić information content (AvgIpc) is 2.60. The highest BCUT2D eigenvalue weighted by Gasteiger charge is 2.34. The van der Waals surface area contributed by atoms with Crippen molar-refractivity contribution in [1.29, 1.82) is 5.26 Å². The molecule has 4 N–H and O–H groups in total. The minimum Gasteiger partial charge on any atom is -0.497 e. The molecular weight excluding hydrogens is 326 g/mol. The Morgan fingerprint density at radius 3 is 2.79 bits per heavy atom. The van der Waals surface area contributed by atoms with E-state index in [1.54, 1.807) is 7.11 Å². The average molecular weight is 341 g/mol. The van der Waals surface area contributed by atoms with Crippen LogP contribution in [-0.4, -0.2) is 23.3 Å². The largest absolute Gasteiger partial charge is 0.497 e. The number of nitriles is 1. The third-order valence-corrected chi connectivity index (χ3v) is 4.25. The molecule has 24 heavy (non-hydrogen) atoms. The minimum absolute atomic E-state index is 0.0166. The van der Waals surface area contributed by atoms with Gasteiger partial charge in [0.05, 0.1) is 18.6 Å². The number of rotatable bonds is 3. The molecule has 1 aliphatic heterocycles. The van der Waals surface area contributed by atoms with Crippen LogP contribution in [0.4, 0.5) is 5.82 Å². The van der Waals surface area contributed by atoms with Gasteiger partial charge in [0.2, 0.25) is 11.8 Å². The fraction of sp³-hybridized carbons (Fsp3) is 0.188. The van der Waals surface area contributed by atoms with Gasteiger partial charge in [-0.15, -0.1) is 0 Å². The second-order valence-corrected chi connectivity index (χ2v) is 5.79. The van der Waals surface area contributed by atoms with E-state index in [-0.39, 0.29) is 23.2 Å². The summed E-state index contributed by atoms with van der Waals surface area (Å²) >= 11 is 1.34. The Morgan fingerprint density at radius 2 is 2.12 bits per heavy atom. The lowest BCUT2D eigenvalue weighted by atomic mass is 9.84. The number of hydrogen-bond donors (Lipinski definition) is 2. The van der Waals surface area contributed by atoms with E-state index < -0.39 is 5.92 Å². The molecule has 0 unspecified atom stereocenters. The number of hydrogen-bond acceptors (Lipinski definition) is 8. The lowest BCUT2D eigenvalue weighted by Gasteiger charge is -2.26. The molecule has 0 saturated carbocycles. The van der Waals surface area contributed by atoms with Crippen LogP contribution in [0.3, 0.4) is 0 Å². The van der Waals surface area contributed by atoms with Crippen LogP contribution in [0.25, 0.3) is 0 Å². The normalized spacial score (nSPS) is 16.1. The number of anilines is 1. The topological polar surface area (TPSA) is 120 Å². The molecule has 0 radical (unpaired) electrons. The van der Waals surface area contributed by atoms with Gasteiger partial charge in [0, 0.05) is 0 Å². The second kappa shape index (κ2) is 6.29. The fourth-order valence-electron chi connectivity index (χ4n) is 2.61. The fourth-order valence-corrected chi connectivity index (χ4v) is 2.97. The maximum absolute atomic E-state index is 9.55. The summed E-state index contributed by atoms with van der Waals surface area (Å²) in [6.07, 6.45) is 1.84. The molecule has 0 saturated heterocycles. The Kier molecular flexibility index (Phi) is 4.18. The van der Waals surface area contributed by atoms with Gasteiger partial charge in [-0.25, -0.2) is 4.98 Å². The van der Waals surface area contributed by atoms with Crippen molar-refractivity contribution >= 4 is 17.6 Å². The van der Waals surface area contributed by atoms with Crippen molar-refractivity contribution in [2.75, 3.05) is 19.1 Å². The highest BCUT2D eigenvalue weighted by molar-refractivity contribution is 7.98. The standard InChI is InChI=1S/C16H15N5O2S/c1-22-9-5-3-4-8(6-9)11-10(7-17)14(19)23-15-12(11)13(18)20-16(21-15)24-2/h3-6,11H,19H2,1-2H3,(H2,18,20,21)/t11-/m0/s1. The molecule has 0 aliphatic carbocycles. The Balaban J connectivity index is 2.25. The lowest BCUT2D eigenvalue weighted by molar-refractivity contribution is 0.372. The van der Waals surface area contributed by atoms with Crippen LogP contribution in [0.15, 0.2) is 40.9 Å². The first-order chi connectivity index (χ1) is 11.6. The van der Waals surface area contributed by atoms with Crippen LogP contribution in [0.2, 0.25) is 0 Å². The van der Waals surface area contributed by atoms with E-state index in [0.717, 1.165) is 5.56 Å². The number of nitrogen functional groups attached to an aromatic ring is 1. The number of ether oxygens (including phenoxy) is 2. The van der Waals surface area contributed by atoms with Crippen LogP contribution in [0.5, 0.6) is 11.6 Å². The van der Waals surface area contributed by atoms with E-state index in [2.05, 4.69) is 16.0 Å². The molecular formula is C16H15N5O2S. The van der Waals surface area contributed by atoms with Crippen molar-refractivity contribution < 1.29 is 9.47 Å². The molecule has 2 aromatic rings. The molecule has 0 spiro atoms. The number of benzene rings is 1. The van der Waals surface area contributed by atoms with E-state index >= 15 is 0 Å². The molecule has 0 amide bonds. The number of methoxy groups -OCH3 is 1. The Hall–Kier alpha value is -2.92. The zero-order valence-corrected chi connectivity index (χ0v) is 13.9. The number of thioether (sulfide) groups is 1. The first-order valence-corrected chi connectivity index (χ1v) is 8.24. The van der Waals surface area contributed by atoms with Crippen molar-refractivity contribution in [2.24, 2.45) is 5.73 Å². The maximum Gasteiger partial charge on any atom is 0.231 e. The quantitative estimate of drug-likeness (QED) is 0.642. The van der Waals surface area contributed by atoms with Crippen molar-refractivity contribution in [3.8, 4) is 17.7 Å². The van der Waals surface area contributed by atoms with E-state index in [1.165, 1.54) is 11.8 Å². The molecule has 122 valence electrons. The van der Waals surface area contributed by atoms with E-state index in [1.807, 2.05) is 30.5 Å². The zero-order valence-electron chi connectivity index (χ0n) is 13.1. The van der Waals surface area contributed by atoms with E-state index in [0.29, 0.717) is 16.5 Å². The van der Waals surface area contributed by atoms with Gasteiger partial charge < -0.3 is 20.9 Å². The minimum atomic E-state index is -0.509. The number of nitrogens with zero attached hydrogens (tertiary/aromatic N) is 3. The first-order valence-electron chi connectivity index (χ1n) is 7.02. The number of aromatic nitrogens is 2. The smallest absolute Gasteiger partial charge is 0.231 e. The van der Waals surface area contributed by atoms with Crippen molar-refractivity contribution in [3.63, 3.8) is 0 Å². The van der Waals surface area contributed by atoms with Crippen LogP contribution >= 0.6 is 11.8 Å². The second-order valence-electron chi connectivity index (χ2n) is 5.02. The van der Waals surface area contributed by atoms with Crippen LogP contribution in [-0.2, 0) is 0 Å². The van der Waals surface area contributed by atoms with Gasteiger partial charge in [-0.3, -0.25) is 0 Å². The third-order valence-electron chi connectivity index (χ3n) is 3.70. The number of nitrogens with two attached hydrogens (primary N) is 2. The molecule has 1 aliphatic rings. The Bertz CT molecular complexity index is 875. The SMILES string of the molecule is COc1cccc([C@H]2C(C#N)=C(N)Oc3nc(SC)nc(N)c32)c1. The van der Waals surface area contributed by atoms with Gasteiger partial charge in [-0.05, 0) is 24.0 Å². The highest BCUT2D eigenvalue weighted by Crippen LogP contribution is 2.44. The summed E-state index contributed by atoms with van der Waals surface area (Å²) in [6.45, 7) is 0. The van der Waals surface area contributed by atoms with Gasteiger partial charge in [0.25, 0.3) is 0 Å². The summed E-state index contributed by atoms with van der Waals surface area (Å²) < 4.78 is 10.8. The summed E-state index contributed by atoms with van der Waals surface area (Å²) in [5.41, 5.74) is 13.7. The molecule has 3 rings (SSSR count). The first kappa shape index (κ1) is 16.0. The summed E-state index contributed by atoms with van der Waals surface area (Å²) in [5.74, 6) is 0.706. The molecule has 1 atom stereocenters. The Morgan fingerprint density at radius 1 is 1.33 bits per heavy atom. The molecule has 0 fully saturated rings. The summed E-state index contributed by atoms with van der Waals surface area (Å²) in [7, 11) is 1.58. The van der Waals surface area contributed by atoms with Gasteiger partial charge >= 0.3 is 0 Å². The van der Waals surface area contributed by atoms with Gasteiger partial charge in [0.1, 0.15) is 23.2 Å². The van der Waals surface area contributed by atoms with E-state index in [9.17, 15) is 5.26 Å². The van der Waals surface area contributed by atoms with Crippen molar-refractivity contribution in [3.05, 3.63) is 46.8 Å². The van der Waals surface area contributed by atoms with E-state index in [4.69, 9.17) is 20.9 Å². The van der Waals surface area contributed by atoms with Crippen molar-refractivity contribution in [2.45, 2.75) is 11.1 Å².